The Hall–Kier alpha value is -1.06. The van der Waals surface area contributed by atoms with Gasteiger partial charge in [0.05, 0.1) is 12.1 Å². The van der Waals surface area contributed by atoms with Gasteiger partial charge in [-0.25, -0.2) is 0 Å². The van der Waals surface area contributed by atoms with Crippen molar-refractivity contribution in [1.82, 2.24) is 0 Å². The molecular formula is C18H30NO2+. The number of aliphatic hydroxyl groups excluding tert-OH is 1. The van der Waals surface area contributed by atoms with Gasteiger partial charge in [0.15, 0.2) is 0 Å². The van der Waals surface area contributed by atoms with Crippen LogP contribution in [0, 0.1) is 13.8 Å². The molecule has 1 aliphatic rings. The van der Waals surface area contributed by atoms with E-state index in [0.717, 1.165) is 12.3 Å². The van der Waals surface area contributed by atoms with Gasteiger partial charge < -0.3 is 14.7 Å². The SMILES string of the molecule is Cc1ccc(OCC(O)C[NH+]2C(C)CCCC2C)cc1C. The van der Waals surface area contributed by atoms with Crippen LogP contribution in [0.5, 0.6) is 5.75 Å². The first kappa shape index (κ1) is 16.3. The quantitative estimate of drug-likeness (QED) is 0.869. The van der Waals surface area contributed by atoms with Gasteiger partial charge >= 0.3 is 0 Å². The third-order valence-electron chi connectivity index (χ3n) is 4.93. The van der Waals surface area contributed by atoms with Gasteiger partial charge in [0.25, 0.3) is 0 Å². The molecule has 3 heteroatoms. The largest absolute Gasteiger partial charge is 0.491 e. The number of nitrogens with one attached hydrogen (secondary N) is 1. The highest BCUT2D eigenvalue weighted by atomic mass is 16.5. The van der Waals surface area contributed by atoms with Crippen LogP contribution >= 0.6 is 0 Å². The number of ether oxygens (including phenoxy) is 1. The van der Waals surface area contributed by atoms with E-state index in [-0.39, 0.29) is 0 Å². The van der Waals surface area contributed by atoms with Gasteiger partial charge in [-0.1, -0.05) is 6.07 Å². The van der Waals surface area contributed by atoms with Gasteiger partial charge in [-0.05, 0) is 70.2 Å². The Morgan fingerprint density at radius 2 is 1.86 bits per heavy atom. The molecule has 1 aromatic carbocycles. The van der Waals surface area contributed by atoms with Crippen molar-refractivity contribution < 1.29 is 14.7 Å². The second-order valence-corrected chi connectivity index (χ2v) is 6.72. The molecule has 1 aromatic rings. The molecule has 0 aliphatic carbocycles. The zero-order chi connectivity index (χ0) is 15.4. The minimum absolute atomic E-state index is 0.380. The highest BCUT2D eigenvalue weighted by molar-refractivity contribution is 5.33. The summed E-state index contributed by atoms with van der Waals surface area (Å²) in [6.07, 6.45) is 3.46. The maximum absolute atomic E-state index is 10.3. The number of benzene rings is 1. The van der Waals surface area contributed by atoms with E-state index in [2.05, 4.69) is 33.8 Å². The maximum Gasteiger partial charge on any atom is 0.137 e. The Labute approximate surface area is 128 Å². The van der Waals surface area contributed by atoms with Gasteiger partial charge in [0, 0.05) is 0 Å². The molecule has 0 bridgehead atoms. The van der Waals surface area contributed by atoms with Crippen LogP contribution < -0.4 is 9.64 Å². The van der Waals surface area contributed by atoms with Crippen molar-refractivity contribution in [3.63, 3.8) is 0 Å². The fraction of sp³-hybridized carbons (Fsp3) is 0.667. The molecule has 3 unspecified atom stereocenters. The van der Waals surface area contributed by atoms with E-state index in [9.17, 15) is 5.11 Å². The van der Waals surface area contributed by atoms with E-state index in [1.165, 1.54) is 35.3 Å². The summed E-state index contributed by atoms with van der Waals surface area (Å²) in [7, 11) is 0. The number of aliphatic hydroxyl groups is 1. The van der Waals surface area contributed by atoms with Crippen molar-refractivity contribution in [3.05, 3.63) is 29.3 Å². The lowest BCUT2D eigenvalue weighted by atomic mass is 9.97. The molecule has 2 rings (SSSR count). The lowest BCUT2D eigenvalue weighted by Crippen LogP contribution is -3.20. The molecule has 1 aliphatic heterocycles. The first-order valence-electron chi connectivity index (χ1n) is 8.21. The summed E-state index contributed by atoms with van der Waals surface area (Å²) < 4.78 is 5.75. The topological polar surface area (TPSA) is 33.9 Å². The number of aryl methyl sites for hydroxylation is 2. The van der Waals surface area contributed by atoms with Crippen molar-refractivity contribution in [2.75, 3.05) is 13.2 Å². The number of hydrogen-bond acceptors (Lipinski definition) is 2. The highest BCUT2D eigenvalue weighted by Gasteiger charge is 2.30. The molecule has 0 aromatic heterocycles. The summed E-state index contributed by atoms with van der Waals surface area (Å²) in [6, 6.07) is 7.38. The zero-order valence-electron chi connectivity index (χ0n) is 13.9. The third kappa shape index (κ3) is 4.45. The van der Waals surface area contributed by atoms with Crippen molar-refractivity contribution in [2.24, 2.45) is 0 Å². The maximum atomic E-state index is 10.3. The van der Waals surface area contributed by atoms with Crippen LogP contribution in [-0.2, 0) is 0 Å². The van der Waals surface area contributed by atoms with Gasteiger partial charge in [-0.2, -0.15) is 0 Å². The van der Waals surface area contributed by atoms with E-state index in [4.69, 9.17) is 4.74 Å². The van der Waals surface area contributed by atoms with Crippen molar-refractivity contribution >= 4 is 0 Å². The summed E-state index contributed by atoms with van der Waals surface area (Å²) in [5, 5.41) is 10.3. The molecule has 0 spiro atoms. The summed E-state index contributed by atoms with van der Waals surface area (Å²) in [5.74, 6) is 0.854. The number of rotatable bonds is 5. The molecule has 0 saturated carbocycles. The minimum Gasteiger partial charge on any atom is -0.491 e. The van der Waals surface area contributed by atoms with Crippen molar-refractivity contribution in [2.45, 2.75) is 65.1 Å². The molecular weight excluding hydrogens is 262 g/mol. The minimum atomic E-state index is -0.399. The molecule has 1 heterocycles. The van der Waals surface area contributed by atoms with Crippen LogP contribution in [0.1, 0.15) is 44.2 Å². The summed E-state index contributed by atoms with van der Waals surface area (Å²) in [5.41, 5.74) is 2.49. The van der Waals surface area contributed by atoms with Gasteiger partial charge in [0.2, 0.25) is 0 Å². The predicted octanol–water partition coefficient (Wildman–Crippen LogP) is 1.89. The molecule has 2 N–H and O–H groups in total. The molecule has 3 atom stereocenters. The average Bonchev–Trinajstić information content (AvgIpc) is 2.44. The first-order valence-corrected chi connectivity index (χ1v) is 8.21. The van der Waals surface area contributed by atoms with E-state index in [1.807, 2.05) is 12.1 Å². The smallest absolute Gasteiger partial charge is 0.137 e. The lowest BCUT2D eigenvalue weighted by molar-refractivity contribution is -0.954. The Kier molecular flexibility index (Phi) is 5.65. The molecule has 3 nitrogen and oxygen atoms in total. The monoisotopic (exact) mass is 292 g/mol. The standard InChI is InChI=1S/C18H29NO2/c1-13-8-9-18(10-14(13)2)21-12-17(20)11-19-15(3)6-5-7-16(19)4/h8-10,15-17,20H,5-7,11-12H2,1-4H3/p+1. The zero-order valence-corrected chi connectivity index (χ0v) is 13.9. The number of quaternary nitrogens is 1. The van der Waals surface area contributed by atoms with E-state index < -0.39 is 6.10 Å². The summed E-state index contributed by atoms with van der Waals surface area (Å²) in [4.78, 5) is 1.53. The molecule has 21 heavy (non-hydrogen) atoms. The third-order valence-corrected chi connectivity index (χ3v) is 4.93. The van der Waals surface area contributed by atoms with Crippen LogP contribution in [0.2, 0.25) is 0 Å². The average molecular weight is 292 g/mol. The Balaban J connectivity index is 1.83. The van der Waals surface area contributed by atoms with Crippen LogP contribution in [0.4, 0.5) is 0 Å². The van der Waals surface area contributed by atoms with Gasteiger partial charge in [-0.15, -0.1) is 0 Å². The first-order chi connectivity index (χ1) is 9.97. The van der Waals surface area contributed by atoms with Gasteiger partial charge in [0.1, 0.15) is 25.0 Å². The van der Waals surface area contributed by atoms with Crippen LogP contribution in [0.25, 0.3) is 0 Å². The van der Waals surface area contributed by atoms with E-state index >= 15 is 0 Å². The number of piperidine rings is 1. The normalized spacial score (nSPS) is 27.4. The van der Waals surface area contributed by atoms with E-state index in [0.29, 0.717) is 18.7 Å². The van der Waals surface area contributed by atoms with Crippen LogP contribution in [0.3, 0.4) is 0 Å². The fourth-order valence-electron chi connectivity index (χ4n) is 3.32. The molecule has 118 valence electrons. The predicted molar refractivity (Wildman–Crippen MR) is 86.0 cm³/mol. The van der Waals surface area contributed by atoms with E-state index in [1.54, 1.807) is 0 Å². The number of hydrogen-bond donors (Lipinski definition) is 2. The van der Waals surface area contributed by atoms with Crippen molar-refractivity contribution in [1.29, 1.82) is 0 Å². The highest BCUT2D eigenvalue weighted by Crippen LogP contribution is 2.16. The van der Waals surface area contributed by atoms with Gasteiger partial charge in [-0.3, -0.25) is 0 Å². The molecule has 1 fully saturated rings. The van der Waals surface area contributed by atoms with Crippen molar-refractivity contribution in [3.8, 4) is 5.75 Å². The number of likely N-dealkylation sites (tertiary alicyclic amines) is 1. The molecule has 0 radical (unpaired) electrons. The molecule has 1 saturated heterocycles. The Morgan fingerprint density at radius 1 is 1.19 bits per heavy atom. The van der Waals surface area contributed by atoms with Crippen LogP contribution in [-0.4, -0.2) is 36.4 Å². The Morgan fingerprint density at radius 3 is 2.48 bits per heavy atom. The second-order valence-electron chi connectivity index (χ2n) is 6.72. The Bertz CT molecular complexity index is 451. The summed E-state index contributed by atoms with van der Waals surface area (Å²) >= 11 is 0. The summed E-state index contributed by atoms with van der Waals surface area (Å²) in [6.45, 7) is 9.93. The van der Waals surface area contributed by atoms with Crippen LogP contribution in [0.15, 0.2) is 18.2 Å². The second kappa shape index (κ2) is 7.28. The lowest BCUT2D eigenvalue weighted by Gasteiger charge is -2.36. The molecule has 0 amide bonds. The fourth-order valence-corrected chi connectivity index (χ4v) is 3.32.